The van der Waals surface area contributed by atoms with Gasteiger partial charge in [-0.25, -0.2) is 8.42 Å². The summed E-state index contributed by atoms with van der Waals surface area (Å²) in [5.41, 5.74) is 2.31. The summed E-state index contributed by atoms with van der Waals surface area (Å²) >= 11 is 6.30. The predicted molar refractivity (Wildman–Crippen MR) is 137 cm³/mol. The quantitative estimate of drug-likeness (QED) is 0.495. The molecule has 1 N–H and O–H groups in total. The number of hydrogen-bond donors (Lipinski definition) is 1. The average Bonchev–Trinajstić information content (AvgIpc) is 2.75. The summed E-state index contributed by atoms with van der Waals surface area (Å²) in [4.78, 5) is 27.4. The van der Waals surface area contributed by atoms with Crippen molar-refractivity contribution in [3.63, 3.8) is 0 Å². The van der Waals surface area contributed by atoms with Crippen molar-refractivity contribution in [3.05, 3.63) is 64.7 Å². The van der Waals surface area contributed by atoms with Crippen LogP contribution in [-0.2, 0) is 26.2 Å². The number of aryl methyl sites for hydroxylation is 1. The fraction of sp³-hybridized carbons (Fsp3) is 0.440. The van der Waals surface area contributed by atoms with Crippen LogP contribution in [0.5, 0.6) is 0 Å². The lowest BCUT2D eigenvalue weighted by Gasteiger charge is -2.30. The van der Waals surface area contributed by atoms with Gasteiger partial charge in [-0.3, -0.25) is 13.9 Å². The Hall–Kier alpha value is -2.58. The Morgan fingerprint density at radius 1 is 1.03 bits per heavy atom. The molecule has 2 rings (SSSR count). The zero-order valence-electron chi connectivity index (χ0n) is 20.4. The number of carbonyl (C=O) groups is 2. The van der Waals surface area contributed by atoms with Crippen molar-refractivity contribution in [1.29, 1.82) is 0 Å². The first-order valence-corrected chi connectivity index (χ1v) is 13.5. The molecule has 0 aromatic heterocycles. The van der Waals surface area contributed by atoms with Crippen LogP contribution in [-0.4, -0.2) is 50.0 Å². The third-order valence-corrected chi connectivity index (χ3v) is 6.93. The van der Waals surface area contributed by atoms with Crippen LogP contribution in [0.4, 0.5) is 5.69 Å². The number of hydrogen-bond acceptors (Lipinski definition) is 4. The lowest BCUT2D eigenvalue weighted by atomic mass is 10.1. The molecule has 34 heavy (non-hydrogen) atoms. The van der Waals surface area contributed by atoms with Crippen LogP contribution in [0.3, 0.4) is 0 Å². The van der Waals surface area contributed by atoms with Crippen LogP contribution in [0, 0.1) is 6.92 Å². The highest BCUT2D eigenvalue weighted by Crippen LogP contribution is 2.21. The van der Waals surface area contributed by atoms with Gasteiger partial charge in [-0.05, 0) is 57.9 Å². The van der Waals surface area contributed by atoms with Crippen molar-refractivity contribution in [2.45, 2.75) is 59.2 Å². The van der Waals surface area contributed by atoms with E-state index in [0.29, 0.717) is 17.1 Å². The molecule has 0 bridgehead atoms. The van der Waals surface area contributed by atoms with Gasteiger partial charge in [-0.15, -0.1) is 0 Å². The Balaban J connectivity index is 2.17. The maximum absolute atomic E-state index is 13.2. The Morgan fingerprint density at radius 3 is 2.21 bits per heavy atom. The molecule has 0 saturated heterocycles. The van der Waals surface area contributed by atoms with Crippen LogP contribution in [0.1, 0.15) is 44.7 Å². The molecule has 0 saturated carbocycles. The van der Waals surface area contributed by atoms with Crippen LogP contribution in [0.25, 0.3) is 0 Å². The monoisotopic (exact) mass is 507 g/mol. The molecular weight excluding hydrogens is 474 g/mol. The Labute approximate surface area is 208 Å². The van der Waals surface area contributed by atoms with E-state index in [2.05, 4.69) is 5.32 Å². The van der Waals surface area contributed by atoms with Crippen LogP contribution < -0.4 is 9.62 Å². The van der Waals surface area contributed by atoms with Crippen LogP contribution >= 0.6 is 11.6 Å². The molecule has 2 aromatic carbocycles. The lowest BCUT2D eigenvalue weighted by Crippen LogP contribution is -2.49. The molecule has 0 aliphatic rings. The molecule has 0 aliphatic carbocycles. The third-order valence-electron chi connectivity index (χ3n) is 5.37. The number of benzene rings is 2. The summed E-state index contributed by atoms with van der Waals surface area (Å²) in [6.07, 6.45) is 1.54. The van der Waals surface area contributed by atoms with Crippen molar-refractivity contribution in [1.82, 2.24) is 10.2 Å². The van der Waals surface area contributed by atoms with Crippen molar-refractivity contribution in [2.24, 2.45) is 0 Å². The fourth-order valence-electron chi connectivity index (χ4n) is 3.51. The summed E-state index contributed by atoms with van der Waals surface area (Å²) in [5, 5.41) is 3.36. The van der Waals surface area contributed by atoms with E-state index in [1.165, 1.54) is 9.21 Å². The number of nitrogens with zero attached hydrogens (tertiary/aromatic N) is 2. The van der Waals surface area contributed by atoms with Crippen LogP contribution in [0.15, 0.2) is 48.5 Å². The molecule has 0 spiro atoms. The molecule has 2 amide bonds. The molecule has 1 atom stereocenters. The van der Waals surface area contributed by atoms with Crippen molar-refractivity contribution in [2.75, 3.05) is 17.1 Å². The standard InChI is InChI=1S/C25H34ClN3O4S/c1-18(2)27-25(31)20(4)28(17-21-9-6-7-10-23(21)26)24(30)11-8-16-29(34(5,32)33)22-14-12-19(3)13-15-22/h6-7,9-10,12-15,18,20H,8,11,16-17H2,1-5H3,(H,27,31)/t20-/m0/s1. The highest BCUT2D eigenvalue weighted by atomic mass is 35.5. The molecule has 186 valence electrons. The van der Waals surface area contributed by atoms with Gasteiger partial charge in [0.2, 0.25) is 21.8 Å². The van der Waals surface area contributed by atoms with Gasteiger partial charge in [0.1, 0.15) is 6.04 Å². The smallest absolute Gasteiger partial charge is 0.242 e. The SMILES string of the molecule is Cc1ccc(N(CCCC(=O)N(Cc2ccccc2Cl)[C@@H](C)C(=O)NC(C)C)S(C)(=O)=O)cc1. The summed E-state index contributed by atoms with van der Waals surface area (Å²) in [5.74, 6) is -0.503. The minimum atomic E-state index is -3.52. The Morgan fingerprint density at radius 2 is 1.65 bits per heavy atom. The second-order valence-corrected chi connectivity index (χ2v) is 11.0. The zero-order chi connectivity index (χ0) is 25.5. The van der Waals surface area contributed by atoms with Gasteiger partial charge in [0.05, 0.1) is 11.9 Å². The second kappa shape index (κ2) is 12.2. The first-order chi connectivity index (χ1) is 15.9. The number of nitrogens with one attached hydrogen (secondary N) is 1. The fourth-order valence-corrected chi connectivity index (χ4v) is 4.67. The number of anilines is 1. The number of amides is 2. The van der Waals surface area contributed by atoms with Gasteiger partial charge < -0.3 is 10.2 Å². The molecule has 9 heteroatoms. The van der Waals surface area contributed by atoms with Crippen molar-refractivity contribution in [3.8, 4) is 0 Å². The normalized spacial score (nSPS) is 12.3. The van der Waals surface area contributed by atoms with Gasteiger partial charge in [0.25, 0.3) is 0 Å². The van der Waals surface area contributed by atoms with Gasteiger partial charge in [0, 0.05) is 30.6 Å². The van der Waals surface area contributed by atoms with Gasteiger partial charge in [-0.1, -0.05) is 47.5 Å². The average molecular weight is 508 g/mol. The zero-order valence-corrected chi connectivity index (χ0v) is 22.0. The summed E-state index contributed by atoms with van der Waals surface area (Å²) in [7, 11) is -3.52. The van der Waals surface area contributed by atoms with E-state index in [-0.39, 0.29) is 37.4 Å². The lowest BCUT2D eigenvalue weighted by molar-refractivity contribution is -0.140. The van der Waals surface area contributed by atoms with E-state index < -0.39 is 16.1 Å². The van der Waals surface area contributed by atoms with Crippen molar-refractivity contribution >= 4 is 39.1 Å². The molecule has 7 nitrogen and oxygen atoms in total. The summed E-state index contributed by atoms with van der Waals surface area (Å²) < 4.78 is 26.0. The molecule has 0 unspecified atom stereocenters. The van der Waals surface area contributed by atoms with E-state index in [1.807, 2.05) is 45.0 Å². The van der Waals surface area contributed by atoms with E-state index in [1.54, 1.807) is 31.2 Å². The van der Waals surface area contributed by atoms with Crippen LogP contribution in [0.2, 0.25) is 5.02 Å². The summed E-state index contributed by atoms with van der Waals surface area (Å²) in [6, 6.07) is 13.6. The maximum Gasteiger partial charge on any atom is 0.242 e. The Kier molecular flexibility index (Phi) is 9.94. The number of carbonyl (C=O) groups excluding carboxylic acids is 2. The highest BCUT2D eigenvalue weighted by molar-refractivity contribution is 7.92. The van der Waals surface area contributed by atoms with E-state index in [9.17, 15) is 18.0 Å². The number of halogens is 1. The predicted octanol–water partition coefficient (Wildman–Crippen LogP) is 4.14. The molecule has 0 radical (unpaired) electrons. The van der Waals surface area contributed by atoms with Gasteiger partial charge in [-0.2, -0.15) is 0 Å². The molecule has 2 aromatic rings. The highest BCUT2D eigenvalue weighted by Gasteiger charge is 2.27. The maximum atomic E-state index is 13.2. The first kappa shape index (κ1) is 27.7. The first-order valence-electron chi connectivity index (χ1n) is 11.3. The topological polar surface area (TPSA) is 86.8 Å². The third kappa shape index (κ3) is 8.02. The van der Waals surface area contributed by atoms with Gasteiger partial charge in [0.15, 0.2) is 0 Å². The summed E-state index contributed by atoms with van der Waals surface area (Å²) in [6.45, 7) is 7.66. The van der Waals surface area contributed by atoms with Crippen molar-refractivity contribution < 1.29 is 18.0 Å². The van der Waals surface area contributed by atoms with E-state index in [4.69, 9.17) is 11.6 Å². The number of sulfonamides is 1. The minimum absolute atomic E-state index is 0.0648. The second-order valence-electron chi connectivity index (χ2n) is 8.73. The minimum Gasteiger partial charge on any atom is -0.352 e. The van der Waals surface area contributed by atoms with Gasteiger partial charge >= 0.3 is 0 Å². The molecule has 0 fully saturated rings. The Bertz CT molecular complexity index is 1090. The largest absolute Gasteiger partial charge is 0.352 e. The van der Waals surface area contributed by atoms with E-state index in [0.717, 1.165) is 17.4 Å². The molecular formula is C25H34ClN3O4S. The number of rotatable bonds is 11. The molecule has 0 heterocycles. The molecule has 0 aliphatic heterocycles. The van der Waals surface area contributed by atoms with E-state index >= 15 is 0 Å².